The van der Waals surface area contributed by atoms with Gasteiger partial charge in [-0.05, 0) is 0 Å². The molecule has 0 saturated carbocycles. The highest BCUT2D eigenvalue weighted by molar-refractivity contribution is 8.01. The first-order valence-electron chi connectivity index (χ1n) is 4.29. The van der Waals surface area contributed by atoms with Gasteiger partial charge < -0.3 is 10.6 Å². The molecule has 0 aromatic carbocycles. The summed E-state index contributed by atoms with van der Waals surface area (Å²) < 4.78 is 37.5. The van der Waals surface area contributed by atoms with Crippen LogP contribution in [0.1, 0.15) is 0 Å². The first-order chi connectivity index (χ1) is 7.34. The smallest absolute Gasteiger partial charge is 0.353 e. The van der Waals surface area contributed by atoms with E-state index in [1.54, 1.807) is 19.0 Å². The predicted octanol–water partition coefficient (Wildman–Crippen LogP) is 1.59. The highest BCUT2D eigenvalue weighted by Crippen LogP contribution is 2.37. The molecule has 1 heterocycles. The Hall–Kier alpha value is -0.540. The SMILES string of the molecule is CN(C)c1nnc(SC(CN)C(F)(F)F)s1. The molecule has 0 fully saturated rings. The van der Waals surface area contributed by atoms with Crippen molar-refractivity contribution in [3.05, 3.63) is 0 Å². The van der Waals surface area contributed by atoms with Gasteiger partial charge in [-0.3, -0.25) is 0 Å². The minimum absolute atomic E-state index is 0.275. The number of thioether (sulfide) groups is 1. The van der Waals surface area contributed by atoms with E-state index in [0.29, 0.717) is 16.9 Å². The Bertz CT molecular complexity index is 339. The highest BCUT2D eigenvalue weighted by Gasteiger charge is 2.40. The van der Waals surface area contributed by atoms with Crippen molar-refractivity contribution < 1.29 is 13.2 Å². The van der Waals surface area contributed by atoms with E-state index in [-0.39, 0.29) is 4.34 Å². The van der Waals surface area contributed by atoms with Gasteiger partial charge in [-0.2, -0.15) is 13.2 Å². The average Bonchev–Trinajstić information content (AvgIpc) is 2.60. The molecule has 9 heteroatoms. The van der Waals surface area contributed by atoms with Crippen LogP contribution >= 0.6 is 23.1 Å². The van der Waals surface area contributed by atoms with Gasteiger partial charge in [-0.1, -0.05) is 23.1 Å². The lowest BCUT2D eigenvalue weighted by Crippen LogP contribution is -2.32. The number of nitrogens with two attached hydrogens (primary N) is 1. The Morgan fingerprint density at radius 3 is 2.44 bits per heavy atom. The largest absolute Gasteiger partial charge is 0.402 e. The third-order valence-electron chi connectivity index (χ3n) is 1.60. The summed E-state index contributed by atoms with van der Waals surface area (Å²) in [5, 5.41) is 6.36. The fourth-order valence-corrected chi connectivity index (χ4v) is 2.63. The Morgan fingerprint density at radius 2 is 2.06 bits per heavy atom. The molecule has 1 rings (SSSR count). The summed E-state index contributed by atoms with van der Waals surface area (Å²) in [5.41, 5.74) is 5.08. The molecule has 92 valence electrons. The lowest BCUT2D eigenvalue weighted by atomic mass is 10.4. The van der Waals surface area contributed by atoms with Crippen molar-refractivity contribution in [2.45, 2.75) is 15.8 Å². The molecule has 1 unspecified atom stereocenters. The quantitative estimate of drug-likeness (QED) is 0.843. The van der Waals surface area contributed by atoms with Crippen molar-refractivity contribution in [2.75, 3.05) is 25.5 Å². The molecule has 0 saturated heterocycles. The lowest BCUT2D eigenvalue weighted by Gasteiger charge is -2.15. The van der Waals surface area contributed by atoms with Crippen LogP contribution in [0.2, 0.25) is 0 Å². The van der Waals surface area contributed by atoms with Crippen LogP contribution in [-0.4, -0.2) is 42.3 Å². The molecule has 0 radical (unpaired) electrons. The zero-order valence-electron chi connectivity index (χ0n) is 8.65. The minimum atomic E-state index is -4.32. The van der Waals surface area contributed by atoms with Gasteiger partial charge in [-0.15, -0.1) is 10.2 Å². The zero-order valence-corrected chi connectivity index (χ0v) is 10.3. The molecule has 16 heavy (non-hydrogen) atoms. The molecule has 1 atom stereocenters. The van der Waals surface area contributed by atoms with E-state index in [1.807, 2.05) is 0 Å². The van der Waals surface area contributed by atoms with E-state index in [2.05, 4.69) is 10.2 Å². The van der Waals surface area contributed by atoms with E-state index < -0.39 is 18.0 Å². The second kappa shape index (κ2) is 5.19. The van der Waals surface area contributed by atoms with Gasteiger partial charge in [0.1, 0.15) is 5.25 Å². The standard InChI is InChI=1S/C7H11F3N4S2/c1-14(2)5-12-13-6(16-5)15-4(3-11)7(8,9)10/h4H,3,11H2,1-2H3. The van der Waals surface area contributed by atoms with Crippen LogP contribution in [0, 0.1) is 0 Å². The Balaban J connectivity index is 2.71. The van der Waals surface area contributed by atoms with Gasteiger partial charge in [-0.25, -0.2) is 0 Å². The molecule has 1 aromatic rings. The van der Waals surface area contributed by atoms with Crippen LogP contribution in [-0.2, 0) is 0 Å². The van der Waals surface area contributed by atoms with E-state index in [4.69, 9.17) is 5.73 Å². The maximum Gasteiger partial charge on any atom is 0.402 e. The molecule has 4 nitrogen and oxygen atoms in total. The third kappa shape index (κ3) is 3.49. The minimum Gasteiger partial charge on any atom is -0.353 e. The fraction of sp³-hybridized carbons (Fsp3) is 0.714. The van der Waals surface area contributed by atoms with Crippen LogP contribution in [0.25, 0.3) is 0 Å². The zero-order chi connectivity index (χ0) is 12.3. The molecule has 0 spiro atoms. The van der Waals surface area contributed by atoms with Crippen molar-refractivity contribution in [1.82, 2.24) is 10.2 Å². The monoisotopic (exact) mass is 272 g/mol. The number of anilines is 1. The van der Waals surface area contributed by atoms with Gasteiger partial charge >= 0.3 is 6.18 Å². The molecule has 0 aliphatic carbocycles. The second-order valence-electron chi connectivity index (χ2n) is 3.13. The predicted molar refractivity (Wildman–Crippen MR) is 59.0 cm³/mol. The summed E-state index contributed by atoms with van der Waals surface area (Å²) in [4.78, 5) is 1.69. The van der Waals surface area contributed by atoms with Crippen molar-refractivity contribution in [3.63, 3.8) is 0 Å². The summed E-state index contributed by atoms with van der Waals surface area (Å²) in [6, 6.07) is 0. The summed E-state index contributed by atoms with van der Waals surface area (Å²) in [7, 11) is 3.50. The van der Waals surface area contributed by atoms with Gasteiger partial charge in [0, 0.05) is 20.6 Å². The second-order valence-corrected chi connectivity index (χ2v) is 5.53. The molecule has 0 bridgehead atoms. The number of nitrogens with zero attached hydrogens (tertiary/aromatic N) is 3. The van der Waals surface area contributed by atoms with Crippen LogP contribution < -0.4 is 10.6 Å². The van der Waals surface area contributed by atoms with Gasteiger partial charge in [0.25, 0.3) is 0 Å². The topological polar surface area (TPSA) is 55.0 Å². The van der Waals surface area contributed by atoms with Crippen molar-refractivity contribution >= 4 is 28.2 Å². The van der Waals surface area contributed by atoms with Crippen LogP contribution in [0.3, 0.4) is 0 Å². The number of aromatic nitrogens is 2. The van der Waals surface area contributed by atoms with E-state index in [0.717, 1.165) is 11.3 Å². The van der Waals surface area contributed by atoms with E-state index in [1.165, 1.54) is 0 Å². The molecular formula is C7H11F3N4S2. The fourth-order valence-electron chi connectivity index (χ4n) is 0.801. The highest BCUT2D eigenvalue weighted by atomic mass is 32.2. The molecule has 0 aliphatic rings. The number of hydrogen-bond donors (Lipinski definition) is 1. The molecular weight excluding hydrogens is 261 g/mol. The molecule has 2 N–H and O–H groups in total. The summed E-state index contributed by atoms with van der Waals surface area (Å²) in [6.45, 7) is -0.467. The Kier molecular flexibility index (Phi) is 4.39. The van der Waals surface area contributed by atoms with Gasteiger partial charge in [0.2, 0.25) is 5.13 Å². The Labute approximate surface area is 99.0 Å². The van der Waals surface area contributed by atoms with Crippen LogP contribution in [0.5, 0.6) is 0 Å². The van der Waals surface area contributed by atoms with Crippen LogP contribution in [0.15, 0.2) is 4.34 Å². The Morgan fingerprint density at radius 1 is 1.44 bits per heavy atom. The summed E-state index contributed by atoms with van der Waals surface area (Å²) >= 11 is 1.71. The van der Waals surface area contributed by atoms with Crippen molar-refractivity contribution in [1.29, 1.82) is 0 Å². The van der Waals surface area contributed by atoms with Crippen LogP contribution in [0.4, 0.5) is 18.3 Å². The molecule has 1 aromatic heterocycles. The number of alkyl halides is 3. The molecule has 0 amide bonds. The summed E-state index contributed by atoms with van der Waals surface area (Å²) in [5.74, 6) is 0. The summed E-state index contributed by atoms with van der Waals surface area (Å²) in [6.07, 6.45) is -4.32. The van der Waals surface area contributed by atoms with Gasteiger partial charge in [0.15, 0.2) is 4.34 Å². The number of rotatable bonds is 4. The third-order valence-corrected chi connectivity index (χ3v) is 4.05. The first-order valence-corrected chi connectivity index (χ1v) is 5.98. The lowest BCUT2D eigenvalue weighted by molar-refractivity contribution is -0.126. The van der Waals surface area contributed by atoms with Gasteiger partial charge in [0.05, 0.1) is 0 Å². The van der Waals surface area contributed by atoms with Crippen molar-refractivity contribution in [3.8, 4) is 0 Å². The average molecular weight is 272 g/mol. The maximum atomic E-state index is 12.4. The number of halogens is 3. The van der Waals surface area contributed by atoms with E-state index >= 15 is 0 Å². The number of hydrogen-bond acceptors (Lipinski definition) is 6. The molecule has 0 aliphatic heterocycles. The van der Waals surface area contributed by atoms with Crippen molar-refractivity contribution in [2.24, 2.45) is 5.73 Å². The first kappa shape index (κ1) is 13.5. The normalized spacial score (nSPS) is 13.9. The maximum absolute atomic E-state index is 12.4. The van der Waals surface area contributed by atoms with E-state index in [9.17, 15) is 13.2 Å².